The second-order valence-corrected chi connectivity index (χ2v) is 5.29. The van der Waals surface area contributed by atoms with Crippen molar-refractivity contribution in [2.75, 3.05) is 7.11 Å². The van der Waals surface area contributed by atoms with Gasteiger partial charge < -0.3 is 9.84 Å². The molecule has 0 bridgehead atoms. The predicted octanol–water partition coefficient (Wildman–Crippen LogP) is 2.66. The Morgan fingerprint density at radius 1 is 1.61 bits per heavy atom. The van der Waals surface area contributed by atoms with Crippen LogP contribution in [-0.2, 0) is 10.5 Å². The minimum Gasteiger partial charge on any atom is -0.495 e. The summed E-state index contributed by atoms with van der Waals surface area (Å²) in [6.07, 6.45) is 0.151. The maximum atomic E-state index is 10.5. The van der Waals surface area contributed by atoms with Crippen molar-refractivity contribution >= 4 is 17.7 Å². The fourth-order valence-corrected chi connectivity index (χ4v) is 2.38. The van der Waals surface area contributed by atoms with Crippen molar-refractivity contribution in [2.24, 2.45) is 0 Å². The van der Waals surface area contributed by atoms with Gasteiger partial charge in [0, 0.05) is 11.0 Å². The van der Waals surface area contributed by atoms with Gasteiger partial charge in [0.05, 0.1) is 19.1 Å². The SMILES string of the molecule is COc1cc(CSC(C)CC(=O)O)ccc1C#N. The Morgan fingerprint density at radius 3 is 2.89 bits per heavy atom. The third-order valence-electron chi connectivity index (χ3n) is 2.38. The summed E-state index contributed by atoms with van der Waals surface area (Å²) in [5, 5.41) is 17.6. The van der Waals surface area contributed by atoms with E-state index in [1.807, 2.05) is 19.1 Å². The summed E-state index contributed by atoms with van der Waals surface area (Å²) in [6.45, 7) is 1.89. The highest BCUT2D eigenvalue weighted by molar-refractivity contribution is 7.99. The normalized spacial score (nSPS) is 11.6. The van der Waals surface area contributed by atoms with E-state index in [-0.39, 0.29) is 11.7 Å². The van der Waals surface area contributed by atoms with Crippen LogP contribution in [0.4, 0.5) is 0 Å². The van der Waals surface area contributed by atoms with Crippen LogP contribution in [0.5, 0.6) is 5.75 Å². The number of benzene rings is 1. The molecule has 1 rings (SSSR count). The Kier molecular flexibility index (Phi) is 5.53. The van der Waals surface area contributed by atoms with Crippen molar-refractivity contribution in [3.63, 3.8) is 0 Å². The molecule has 0 fully saturated rings. The molecule has 18 heavy (non-hydrogen) atoms. The van der Waals surface area contributed by atoms with E-state index in [1.165, 1.54) is 7.11 Å². The molecule has 1 aromatic carbocycles. The first kappa shape index (κ1) is 14.4. The van der Waals surface area contributed by atoms with E-state index >= 15 is 0 Å². The number of carboxylic acid groups (broad SMARTS) is 1. The standard InChI is InChI=1S/C13H15NO3S/c1-9(5-13(15)16)18-8-10-3-4-11(7-14)12(6-10)17-2/h3-4,6,9H,5,8H2,1-2H3,(H,15,16). The van der Waals surface area contributed by atoms with Crippen molar-refractivity contribution in [1.82, 2.24) is 0 Å². The summed E-state index contributed by atoms with van der Waals surface area (Å²) in [5.41, 5.74) is 1.53. The number of carboxylic acids is 1. The van der Waals surface area contributed by atoms with Crippen molar-refractivity contribution in [2.45, 2.75) is 24.3 Å². The smallest absolute Gasteiger partial charge is 0.304 e. The lowest BCUT2D eigenvalue weighted by atomic mass is 10.1. The number of nitriles is 1. The topological polar surface area (TPSA) is 70.3 Å². The van der Waals surface area contributed by atoms with Crippen LogP contribution in [0.25, 0.3) is 0 Å². The molecule has 0 amide bonds. The van der Waals surface area contributed by atoms with Crippen LogP contribution < -0.4 is 4.74 Å². The zero-order chi connectivity index (χ0) is 13.5. The highest BCUT2D eigenvalue weighted by atomic mass is 32.2. The van der Waals surface area contributed by atoms with Gasteiger partial charge in [-0.25, -0.2) is 0 Å². The summed E-state index contributed by atoms with van der Waals surface area (Å²) in [7, 11) is 1.53. The highest BCUT2D eigenvalue weighted by Crippen LogP contribution is 2.24. The Balaban J connectivity index is 2.63. The fraction of sp³-hybridized carbons (Fsp3) is 0.385. The molecule has 0 aromatic heterocycles. The minimum absolute atomic E-state index is 0.0594. The molecule has 0 saturated heterocycles. The molecule has 0 aliphatic carbocycles. The van der Waals surface area contributed by atoms with Crippen LogP contribution in [0.3, 0.4) is 0 Å². The first-order valence-corrected chi connectivity index (χ1v) is 6.52. The van der Waals surface area contributed by atoms with E-state index < -0.39 is 5.97 Å². The molecule has 5 heteroatoms. The number of aliphatic carboxylic acids is 1. The Bertz CT molecular complexity index is 468. The molecular weight excluding hydrogens is 250 g/mol. The van der Waals surface area contributed by atoms with E-state index in [1.54, 1.807) is 17.8 Å². The summed E-state index contributed by atoms with van der Waals surface area (Å²) >= 11 is 1.57. The van der Waals surface area contributed by atoms with Gasteiger partial charge in [0.2, 0.25) is 0 Å². The van der Waals surface area contributed by atoms with Crippen molar-refractivity contribution < 1.29 is 14.6 Å². The fourth-order valence-electron chi connectivity index (χ4n) is 1.46. The largest absolute Gasteiger partial charge is 0.495 e. The highest BCUT2D eigenvalue weighted by Gasteiger charge is 2.09. The van der Waals surface area contributed by atoms with Crippen molar-refractivity contribution in [1.29, 1.82) is 5.26 Å². The third kappa shape index (κ3) is 4.30. The van der Waals surface area contributed by atoms with E-state index in [2.05, 4.69) is 6.07 Å². The zero-order valence-corrected chi connectivity index (χ0v) is 11.2. The average molecular weight is 265 g/mol. The summed E-state index contributed by atoms with van der Waals surface area (Å²) in [5.74, 6) is 0.477. The minimum atomic E-state index is -0.785. The quantitative estimate of drug-likeness (QED) is 0.856. The van der Waals surface area contributed by atoms with Gasteiger partial charge in [0.1, 0.15) is 11.8 Å². The van der Waals surface area contributed by atoms with E-state index in [0.717, 1.165) is 5.56 Å². The number of methoxy groups -OCH3 is 1. The van der Waals surface area contributed by atoms with Crippen molar-refractivity contribution in [3.8, 4) is 11.8 Å². The number of hydrogen-bond donors (Lipinski definition) is 1. The lowest BCUT2D eigenvalue weighted by Crippen LogP contribution is -2.05. The van der Waals surface area contributed by atoms with Crippen LogP contribution in [0, 0.1) is 11.3 Å². The van der Waals surface area contributed by atoms with Gasteiger partial charge in [-0.15, -0.1) is 0 Å². The Labute approximate surface area is 111 Å². The Morgan fingerprint density at radius 2 is 2.33 bits per heavy atom. The first-order chi connectivity index (χ1) is 8.56. The number of rotatable bonds is 6. The zero-order valence-electron chi connectivity index (χ0n) is 10.3. The van der Waals surface area contributed by atoms with Gasteiger partial charge in [0.15, 0.2) is 0 Å². The summed E-state index contributed by atoms with van der Waals surface area (Å²) in [4.78, 5) is 10.5. The lowest BCUT2D eigenvalue weighted by molar-refractivity contribution is -0.136. The maximum Gasteiger partial charge on any atom is 0.304 e. The number of ether oxygens (including phenoxy) is 1. The van der Waals surface area contributed by atoms with E-state index in [0.29, 0.717) is 17.1 Å². The van der Waals surface area contributed by atoms with Crippen LogP contribution in [0.2, 0.25) is 0 Å². The first-order valence-electron chi connectivity index (χ1n) is 5.47. The van der Waals surface area contributed by atoms with Gasteiger partial charge in [-0.3, -0.25) is 4.79 Å². The van der Waals surface area contributed by atoms with Crippen LogP contribution in [0.15, 0.2) is 18.2 Å². The van der Waals surface area contributed by atoms with Crippen molar-refractivity contribution in [3.05, 3.63) is 29.3 Å². The van der Waals surface area contributed by atoms with E-state index in [4.69, 9.17) is 15.1 Å². The summed E-state index contributed by atoms with van der Waals surface area (Å²) in [6, 6.07) is 7.46. The molecule has 0 radical (unpaired) electrons. The summed E-state index contributed by atoms with van der Waals surface area (Å²) < 4.78 is 5.12. The molecule has 4 nitrogen and oxygen atoms in total. The average Bonchev–Trinajstić information content (AvgIpc) is 2.35. The number of hydrogen-bond acceptors (Lipinski definition) is 4. The molecule has 0 heterocycles. The molecule has 0 aliphatic heterocycles. The van der Waals surface area contributed by atoms with Gasteiger partial charge >= 0.3 is 5.97 Å². The van der Waals surface area contributed by atoms with Gasteiger partial charge in [-0.05, 0) is 17.7 Å². The van der Waals surface area contributed by atoms with Gasteiger partial charge in [-0.1, -0.05) is 13.0 Å². The second kappa shape index (κ2) is 6.92. The molecule has 0 saturated carbocycles. The molecule has 1 aromatic rings. The van der Waals surface area contributed by atoms with Crippen LogP contribution in [0.1, 0.15) is 24.5 Å². The van der Waals surface area contributed by atoms with Crippen LogP contribution >= 0.6 is 11.8 Å². The van der Waals surface area contributed by atoms with Gasteiger partial charge in [0.25, 0.3) is 0 Å². The van der Waals surface area contributed by atoms with Crippen LogP contribution in [-0.4, -0.2) is 23.4 Å². The third-order valence-corrected chi connectivity index (χ3v) is 3.62. The molecule has 1 atom stereocenters. The Hall–Kier alpha value is -1.67. The molecule has 1 N–H and O–H groups in total. The predicted molar refractivity (Wildman–Crippen MR) is 70.7 cm³/mol. The lowest BCUT2D eigenvalue weighted by Gasteiger charge is -2.10. The molecular formula is C13H15NO3S. The number of thioether (sulfide) groups is 1. The second-order valence-electron chi connectivity index (χ2n) is 3.87. The molecule has 0 aliphatic rings. The van der Waals surface area contributed by atoms with Gasteiger partial charge in [-0.2, -0.15) is 17.0 Å². The molecule has 0 spiro atoms. The maximum absolute atomic E-state index is 10.5. The van der Waals surface area contributed by atoms with E-state index in [9.17, 15) is 4.79 Å². The molecule has 1 unspecified atom stereocenters. The number of carbonyl (C=O) groups is 1. The molecule has 96 valence electrons. The number of nitrogens with zero attached hydrogens (tertiary/aromatic N) is 1. The monoisotopic (exact) mass is 265 g/mol.